The highest BCUT2D eigenvalue weighted by Crippen LogP contribution is 2.25. The van der Waals surface area contributed by atoms with Crippen LogP contribution in [0.25, 0.3) is 10.9 Å². The number of nitrogens with two attached hydrogens (primary N) is 1. The molecule has 2 rings (SSSR count). The third-order valence-corrected chi connectivity index (χ3v) is 2.86. The first-order valence-electron chi connectivity index (χ1n) is 5.11. The van der Waals surface area contributed by atoms with Gasteiger partial charge in [-0.05, 0) is 50.1 Å². The van der Waals surface area contributed by atoms with Crippen LogP contribution in [0.1, 0.15) is 16.8 Å². The molecule has 3 heteroatoms. The van der Waals surface area contributed by atoms with Gasteiger partial charge in [0.2, 0.25) is 0 Å². The summed E-state index contributed by atoms with van der Waals surface area (Å²) in [5.41, 5.74) is 9.17. The Kier molecular flexibility index (Phi) is 2.49. The van der Waals surface area contributed by atoms with E-state index in [2.05, 4.69) is 4.98 Å². The molecule has 0 aliphatic rings. The summed E-state index contributed by atoms with van der Waals surface area (Å²) >= 11 is 0. The minimum absolute atomic E-state index is 0.188. The van der Waals surface area contributed by atoms with Crippen LogP contribution >= 0.6 is 0 Å². The van der Waals surface area contributed by atoms with Crippen molar-refractivity contribution in [1.29, 1.82) is 0 Å². The number of aryl methyl sites for hydroxylation is 2. The normalized spacial score (nSPS) is 11.2. The second-order valence-electron chi connectivity index (χ2n) is 3.91. The smallest absolute Gasteiger partial charge is 0.147 e. The minimum Gasteiger partial charge on any atom is -0.356 e. The molecule has 0 aliphatic heterocycles. The molecule has 0 amide bonds. The number of H-pyrrole nitrogens is 1. The third kappa shape index (κ3) is 1.63. The highest BCUT2D eigenvalue weighted by molar-refractivity contribution is 5.85. The molecule has 1 aromatic carbocycles. The number of aromatic nitrogens is 1. The van der Waals surface area contributed by atoms with Gasteiger partial charge in [-0.2, -0.15) is 0 Å². The van der Waals surface area contributed by atoms with E-state index in [1.807, 2.05) is 19.9 Å². The van der Waals surface area contributed by atoms with E-state index in [0.29, 0.717) is 12.1 Å². The maximum absolute atomic E-state index is 13.7. The number of aromatic amines is 1. The minimum atomic E-state index is -0.188. The lowest BCUT2D eigenvalue weighted by molar-refractivity contribution is 0.635. The lowest BCUT2D eigenvalue weighted by Gasteiger charge is -2.01. The molecule has 1 heterocycles. The summed E-state index contributed by atoms with van der Waals surface area (Å²) in [4.78, 5) is 3.06. The Morgan fingerprint density at radius 2 is 2.07 bits per heavy atom. The van der Waals surface area contributed by atoms with Gasteiger partial charge in [0.15, 0.2) is 0 Å². The first kappa shape index (κ1) is 10.2. The van der Waals surface area contributed by atoms with Gasteiger partial charge in [0, 0.05) is 11.1 Å². The Balaban J connectivity index is 2.68. The average Bonchev–Trinajstić information content (AvgIpc) is 2.46. The van der Waals surface area contributed by atoms with E-state index < -0.39 is 0 Å². The van der Waals surface area contributed by atoms with Crippen molar-refractivity contribution in [3.05, 3.63) is 34.8 Å². The molecule has 2 nitrogen and oxygen atoms in total. The second kappa shape index (κ2) is 3.66. The molecule has 1 aromatic heterocycles. The molecule has 0 aliphatic carbocycles. The summed E-state index contributed by atoms with van der Waals surface area (Å²) in [7, 11) is 0. The molecule has 0 saturated carbocycles. The van der Waals surface area contributed by atoms with Crippen LogP contribution < -0.4 is 5.73 Å². The zero-order chi connectivity index (χ0) is 11.0. The zero-order valence-electron chi connectivity index (χ0n) is 9.02. The van der Waals surface area contributed by atoms with Crippen molar-refractivity contribution in [2.45, 2.75) is 20.3 Å². The monoisotopic (exact) mass is 206 g/mol. The number of fused-ring (bicyclic) bond motifs is 1. The second-order valence-corrected chi connectivity index (χ2v) is 3.91. The summed E-state index contributed by atoms with van der Waals surface area (Å²) in [6.45, 7) is 4.50. The van der Waals surface area contributed by atoms with E-state index in [-0.39, 0.29) is 5.82 Å². The topological polar surface area (TPSA) is 41.8 Å². The van der Waals surface area contributed by atoms with Crippen LogP contribution in [0.3, 0.4) is 0 Å². The molecule has 0 fully saturated rings. The first-order valence-corrected chi connectivity index (χ1v) is 5.11. The van der Waals surface area contributed by atoms with E-state index in [4.69, 9.17) is 5.73 Å². The predicted octanol–water partition coefficient (Wildman–Crippen LogP) is 2.43. The van der Waals surface area contributed by atoms with E-state index in [1.165, 1.54) is 0 Å². The van der Waals surface area contributed by atoms with Gasteiger partial charge in [0.25, 0.3) is 0 Å². The summed E-state index contributed by atoms with van der Waals surface area (Å²) in [5, 5.41) is 0.968. The van der Waals surface area contributed by atoms with Gasteiger partial charge in [-0.15, -0.1) is 0 Å². The maximum atomic E-state index is 13.7. The van der Waals surface area contributed by atoms with Crippen LogP contribution in [0.15, 0.2) is 12.1 Å². The summed E-state index contributed by atoms with van der Waals surface area (Å²) in [6, 6.07) is 3.58. The first-order chi connectivity index (χ1) is 7.13. The molecule has 80 valence electrons. The van der Waals surface area contributed by atoms with E-state index in [1.54, 1.807) is 6.07 Å². The molecule has 0 unspecified atom stereocenters. The number of nitrogens with one attached hydrogen (secondary N) is 1. The Hall–Kier alpha value is -1.35. The predicted molar refractivity (Wildman–Crippen MR) is 60.5 cm³/mol. The van der Waals surface area contributed by atoms with Crippen molar-refractivity contribution in [1.82, 2.24) is 4.98 Å². The van der Waals surface area contributed by atoms with Gasteiger partial charge < -0.3 is 10.7 Å². The number of hydrogen-bond donors (Lipinski definition) is 2. The average molecular weight is 206 g/mol. The number of rotatable bonds is 2. The molecule has 0 atom stereocenters. The van der Waals surface area contributed by atoms with Crippen LogP contribution in [0.2, 0.25) is 0 Å². The number of halogens is 1. The van der Waals surface area contributed by atoms with E-state index >= 15 is 0 Å². The fourth-order valence-corrected chi connectivity index (χ4v) is 1.88. The quantitative estimate of drug-likeness (QED) is 0.778. The Morgan fingerprint density at radius 3 is 2.73 bits per heavy atom. The van der Waals surface area contributed by atoms with Crippen LogP contribution in [0.4, 0.5) is 4.39 Å². The van der Waals surface area contributed by atoms with Crippen molar-refractivity contribution in [2.75, 3.05) is 6.54 Å². The number of benzene rings is 1. The van der Waals surface area contributed by atoms with Gasteiger partial charge in [-0.1, -0.05) is 0 Å². The Labute approximate surface area is 88.3 Å². The lowest BCUT2D eigenvalue weighted by Crippen LogP contribution is -2.02. The maximum Gasteiger partial charge on any atom is 0.147 e. The van der Waals surface area contributed by atoms with Crippen LogP contribution in [-0.4, -0.2) is 11.5 Å². The summed E-state index contributed by atoms with van der Waals surface area (Å²) in [6.07, 6.45) is 0.719. The third-order valence-electron chi connectivity index (χ3n) is 2.86. The molecule has 0 bridgehead atoms. The molecule has 3 N–H and O–H groups in total. The molecule has 0 spiro atoms. The molecule has 0 radical (unpaired) electrons. The van der Waals surface area contributed by atoms with Crippen molar-refractivity contribution >= 4 is 10.9 Å². The SMILES string of the molecule is Cc1[nH]c2c(F)cc(CCN)cc2c1C. The van der Waals surface area contributed by atoms with Crippen molar-refractivity contribution in [2.24, 2.45) is 5.73 Å². The molecular weight excluding hydrogens is 191 g/mol. The Bertz CT molecular complexity index is 500. The summed E-state index contributed by atoms with van der Waals surface area (Å²) in [5.74, 6) is -0.188. The zero-order valence-corrected chi connectivity index (χ0v) is 9.02. The molecule has 15 heavy (non-hydrogen) atoms. The van der Waals surface area contributed by atoms with Gasteiger partial charge >= 0.3 is 0 Å². The summed E-state index contributed by atoms with van der Waals surface area (Å²) < 4.78 is 13.7. The molecular formula is C12H15FN2. The standard InChI is InChI=1S/C12H15FN2/c1-7-8(2)15-12-10(7)5-9(3-4-14)6-11(12)13/h5-6,15H,3-4,14H2,1-2H3. The fourth-order valence-electron chi connectivity index (χ4n) is 1.88. The largest absolute Gasteiger partial charge is 0.356 e. The van der Waals surface area contributed by atoms with Crippen molar-refractivity contribution < 1.29 is 4.39 Å². The van der Waals surface area contributed by atoms with Crippen molar-refractivity contribution in [3.63, 3.8) is 0 Å². The Morgan fingerprint density at radius 1 is 1.33 bits per heavy atom. The van der Waals surface area contributed by atoms with Gasteiger partial charge in [0.1, 0.15) is 5.82 Å². The highest BCUT2D eigenvalue weighted by atomic mass is 19.1. The van der Waals surface area contributed by atoms with E-state index in [0.717, 1.165) is 28.6 Å². The highest BCUT2D eigenvalue weighted by Gasteiger charge is 2.09. The van der Waals surface area contributed by atoms with Crippen LogP contribution in [0.5, 0.6) is 0 Å². The number of hydrogen-bond acceptors (Lipinski definition) is 1. The molecule has 0 saturated heterocycles. The van der Waals surface area contributed by atoms with Crippen LogP contribution in [0, 0.1) is 19.7 Å². The van der Waals surface area contributed by atoms with E-state index in [9.17, 15) is 4.39 Å². The molecule has 2 aromatic rings. The lowest BCUT2D eigenvalue weighted by atomic mass is 10.1. The fraction of sp³-hybridized carbons (Fsp3) is 0.333. The van der Waals surface area contributed by atoms with Crippen molar-refractivity contribution in [3.8, 4) is 0 Å². The van der Waals surface area contributed by atoms with Gasteiger partial charge in [-0.3, -0.25) is 0 Å². The van der Waals surface area contributed by atoms with Gasteiger partial charge in [0.05, 0.1) is 5.52 Å². The van der Waals surface area contributed by atoms with Gasteiger partial charge in [-0.25, -0.2) is 4.39 Å². The van der Waals surface area contributed by atoms with Crippen LogP contribution in [-0.2, 0) is 6.42 Å².